The van der Waals surface area contributed by atoms with Crippen LogP contribution in [0.25, 0.3) is 0 Å². The van der Waals surface area contributed by atoms with Gasteiger partial charge in [0.15, 0.2) is 6.04 Å². The SMILES string of the molecule is COC(=O)[C@@H](NC(=O)c1cccc(Br)c1)c1cccnn1. The van der Waals surface area contributed by atoms with E-state index in [2.05, 4.69) is 31.4 Å². The molecule has 1 aromatic carbocycles. The van der Waals surface area contributed by atoms with Gasteiger partial charge >= 0.3 is 5.97 Å². The summed E-state index contributed by atoms with van der Waals surface area (Å²) in [5, 5.41) is 10.1. The Morgan fingerprint density at radius 3 is 2.71 bits per heavy atom. The molecule has 0 saturated carbocycles. The van der Waals surface area contributed by atoms with Crippen LogP contribution in [0.5, 0.6) is 0 Å². The molecule has 0 aliphatic heterocycles. The van der Waals surface area contributed by atoms with Gasteiger partial charge in [0, 0.05) is 16.2 Å². The third kappa shape index (κ3) is 3.85. The van der Waals surface area contributed by atoms with Crippen molar-refractivity contribution in [1.29, 1.82) is 0 Å². The van der Waals surface area contributed by atoms with E-state index >= 15 is 0 Å². The lowest BCUT2D eigenvalue weighted by atomic mass is 10.1. The fourth-order valence-electron chi connectivity index (χ4n) is 1.68. The van der Waals surface area contributed by atoms with Crippen LogP contribution in [-0.2, 0) is 9.53 Å². The Morgan fingerprint density at radius 1 is 1.29 bits per heavy atom. The molecule has 1 atom stereocenters. The molecule has 1 N–H and O–H groups in total. The molecule has 1 heterocycles. The average Bonchev–Trinajstić information content (AvgIpc) is 2.52. The smallest absolute Gasteiger partial charge is 0.334 e. The van der Waals surface area contributed by atoms with E-state index in [9.17, 15) is 9.59 Å². The molecule has 0 radical (unpaired) electrons. The number of methoxy groups -OCH3 is 1. The second-order valence-electron chi connectivity index (χ2n) is 4.09. The molecule has 21 heavy (non-hydrogen) atoms. The van der Waals surface area contributed by atoms with E-state index in [1.807, 2.05) is 0 Å². The molecular formula is C14H12BrN3O3. The van der Waals surface area contributed by atoms with Crippen LogP contribution >= 0.6 is 15.9 Å². The summed E-state index contributed by atoms with van der Waals surface area (Å²) in [6, 6.07) is 9.05. The van der Waals surface area contributed by atoms with Crippen molar-refractivity contribution in [1.82, 2.24) is 15.5 Å². The third-order valence-corrected chi connectivity index (χ3v) is 3.18. The Bertz CT molecular complexity index is 649. The lowest BCUT2D eigenvalue weighted by Gasteiger charge is -2.15. The number of ether oxygens (including phenoxy) is 1. The fourth-order valence-corrected chi connectivity index (χ4v) is 2.08. The molecule has 0 spiro atoms. The van der Waals surface area contributed by atoms with Crippen LogP contribution in [0.1, 0.15) is 22.1 Å². The minimum absolute atomic E-state index is 0.313. The number of amides is 1. The number of halogens is 1. The van der Waals surface area contributed by atoms with Gasteiger partial charge in [-0.3, -0.25) is 4.79 Å². The van der Waals surface area contributed by atoms with Crippen molar-refractivity contribution in [2.24, 2.45) is 0 Å². The van der Waals surface area contributed by atoms with E-state index in [-0.39, 0.29) is 0 Å². The first-order valence-electron chi connectivity index (χ1n) is 6.03. The summed E-state index contributed by atoms with van der Waals surface area (Å²) < 4.78 is 5.46. The zero-order valence-electron chi connectivity index (χ0n) is 11.1. The number of nitrogens with one attached hydrogen (secondary N) is 1. The van der Waals surface area contributed by atoms with E-state index in [4.69, 9.17) is 4.74 Å². The minimum Gasteiger partial charge on any atom is -0.467 e. The number of hydrogen-bond acceptors (Lipinski definition) is 5. The second kappa shape index (κ2) is 6.94. The Balaban J connectivity index is 2.23. The van der Waals surface area contributed by atoms with Crippen LogP contribution in [0.3, 0.4) is 0 Å². The lowest BCUT2D eigenvalue weighted by molar-refractivity contribution is -0.143. The van der Waals surface area contributed by atoms with Gasteiger partial charge in [0.1, 0.15) is 0 Å². The van der Waals surface area contributed by atoms with E-state index < -0.39 is 17.9 Å². The molecule has 7 heteroatoms. The van der Waals surface area contributed by atoms with Gasteiger partial charge in [-0.05, 0) is 30.3 Å². The molecule has 2 aromatic rings. The number of benzene rings is 1. The van der Waals surface area contributed by atoms with Gasteiger partial charge in [0.25, 0.3) is 5.91 Å². The molecule has 0 aliphatic rings. The highest BCUT2D eigenvalue weighted by molar-refractivity contribution is 9.10. The van der Waals surface area contributed by atoms with Gasteiger partial charge in [-0.15, -0.1) is 0 Å². The van der Waals surface area contributed by atoms with Gasteiger partial charge in [-0.25, -0.2) is 4.79 Å². The predicted molar refractivity (Wildman–Crippen MR) is 78.4 cm³/mol. The number of rotatable bonds is 4. The van der Waals surface area contributed by atoms with Gasteiger partial charge in [0.2, 0.25) is 0 Å². The molecule has 0 unspecified atom stereocenters. The van der Waals surface area contributed by atoms with E-state index in [0.717, 1.165) is 4.47 Å². The first-order chi connectivity index (χ1) is 10.1. The molecule has 0 fully saturated rings. The minimum atomic E-state index is -1.00. The second-order valence-corrected chi connectivity index (χ2v) is 5.00. The van der Waals surface area contributed by atoms with Gasteiger partial charge in [-0.1, -0.05) is 22.0 Å². The van der Waals surface area contributed by atoms with E-state index in [1.54, 1.807) is 36.4 Å². The third-order valence-electron chi connectivity index (χ3n) is 2.69. The summed E-state index contributed by atoms with van der Waals surface area (Å²) in [5.41, 5.74) is 0.731. The fraction of sp³-hybridized carbons (Fsp3) is 0.143. The number of aromatic nitrogens is 2. The zero-order valence-corrected chi connectivity index (χ0v) is 12.7. The van der Waals surface area contributed by atoms with Crippen molar-refractivity contribution < 1.29 is 14.3 Å². The maximum Gasteiger partial charge on any atom is 0.334 e. The van der Waals surface area contributed by atoms with Crippen molar-refractivity contribution >= 4 is 27.8 Å². The van der Waals surface area contributed by atoms with Crippen molar-refractivity contribution in [3.8, 4) is 0 Å². The Morgan fingerprint density at radius 2 is 2.10 bits per heavy atom. The zero-order chi connectivity index (χ0) is 15.2. The average molecular weight is 350 g/mol. The monoisotopic (exact) mass is 349 g/mol. The highest BCUT2D eigenvalue weighted by Gasteiger charge is 2.25. The van der Waals surface area contributed by atoms with Crippen LogP contribution in [0.2, 0.25) is 0 Å². The standard InChI is InChI=1S/C14H12BrN3O3/c1-21-14(20)12(11-6-3-7-16-18-11)17-13(19)9-4-2-5-10(15)8-9/h2-8,12H,1H3,(H,17,19)/t12-/m0/s1. The topological polar surface area (TPSA) is 81.2 Å². The normalized spacial score (nSPS) is 11.5. The summed E-state index contributed by atoms with van der Waals surface area (Å²) >= 11 is 3.29. The number of nitrogens with zero attached hydrogens (tertiary/aromatic N) is 2. The first kappa shape index (κ1) is 15.1. The summed E-state index contributed by atoms with van der Waals surface area (Å²) in [5.74, 6) is -1.02. The Hall–Kier alpha value is -2.28. The van der Waals surface area contributed by atoms with Gasteiger partial charge < -0.3 is 10.1 Å². The van der Waals surface area contributed by atoms with Crippen molar-refractivity contribution in [2.75, 3.05) is 7.11 Å². The molecule has 0 bridgehead atoms. The van der Waals surface area contributed by atoms with Crippen molar-refractivity contribution in [3.63, 3.8) is 0 Å². The van der Waals surface area contributed by atoms with E-state index in [1.165, 1.54) is 13.3 Å². The van der Waals surface area contributed by atoms with Crippen LogP contribution in [-0.4, -0.2) is 29.2 Å². The molecule has 0 saturated heterocycles. The first-order valence-corrected chi connectivity index (χ1v) is 6.83. The Labute approximate surface area is 129 Å². The van der Waals surface area contributed by atoms with Crippen molar-refractivity contribution in [3.05, 3.63) is 58.3 Å². The van der Waals surface area contributed by atoms with Gasteiger partial charge in [0.05, 0.1) is 12.8 Å². The van der Waals surface area contributed by atoms with Crippen LogP contribution < -0.4 is 5.32 Å². The highest BCUT2D eigenvalue weighted by atomic mass is 79.9. The number of carbonyl (C=O) groups is 2. The summed E-state index contributed by atoms with van der Waals surface area (Å²) in [4.78, 5) is 24.0. The predicted octanol–water partition coefficient (Wildman–Crippen LogP) is 1.88. The van der Waals surface area contributed by atoms with Crippen molar-refractivity contribution in [2.45, 2.75) is 6.04 Å². The Kier molecular flexibility index (Phi) is 4.99. The maximum absolute atomic E-state index is 12.2. The largest absolute Gasteiger partial charge is 0.467 e. The summed E-state index contributed by atoms with van der Waals surface area (Å²) in [6.45, 7) is 0. The van der Waals surface area contributed by atoms with Gasteiger partial charge in [-0.2, -0.15) is 10.2 Å². The molecular weight excluding hydrogens is 338 g/mol. The van der Waals surface area contributed by atoms with Crippen LogP contribution in [0.15, 0.2) is 47.1 Å². The molecule has 0 aliphatic carbocycles. The highest BCUT2D eigenvalue weighted by Crippen LogP contribution is 2.15. The van der Waals surface area contributed by atoms with Crippen LogP contribution in [0.4, 0.5) is 0 Å². The van der Waals surface area contributed by atoms with Crippen LogP contribution in [0, 0.1) is 0 Å². The lowest BCUT2D eigenvalue weighted by Crippen LogP contribution is -2.35. The number of esters is 1. The summed E-state index contributed by atoms with van der Waals surface area (Å²) in [7, 11) is 1.25. The van der Waals surface area contributed by atoms with E-state index in [0.29, 0.717) is 11.3 Å². The summed E-state index contributed by atoms with van der Waals surface area (Å²) in [6.07, 6.45) is 1.48. The molecule has 6 nitrogen and oxygen atoms in total. The number of hydrogen-bond donors (Lipinski definition) is 1. The molecule has 2 rings (SSSR count). The molecule has 1 amide bonds. The number of carbonyl (C=O) groups excluding carboxylic acids is 2. The molecule has 1 aromatic heterocycles. The quantitative estimate of drug-likeness (QED) is 0.852. The maximum atomic E-state index is 12.2. The molecule has 108 valence electrons.